The molecule has 1 saturated heterocycles. The van der Waals surface area contributed by atoms with E-state index in [4.69, 9.17) is 5.26 Å². The molecular formula is C17H19F2N3O. The number of likely N-dealkylation sites (tertiary alicyclic amines) is 1. The minimum atomic E-state index is -0.776. The van der Waals surface area contributed by atoms with E-state index < -0.39 is 11.6 Å². The summed E-state index contributed by atoms with van der Waals surface area (Å²) in [6.45, 7) is 1.08. The fourth-order valence-corrected chi connectivity index (χ4v) is 3.49. The Balaban J connectivity index is 1.64. The van der Waals surface area contributed by atoms with E-state index in [-0.39, 0.29) is 29.1 Å². The number of carbonyl (C=O) groups is 1. The number of anilines is 1. The lowest BCUT2D eigenvalue weighted by Crippen LogP contribution is -2.35. The molecule has 1 aliphatic carbocycles. The number of benzene rings is 1. The minimum absolute atomic E-state index is 0.0463. The van der Waals surface area contributed by atoms with Crippen molar-refractivity contribution in [1.82, 2.24) is 4.90 Å². The third-order valence-electron chi connectivity index (χ3n) is 4.72. The summed E-state index contributed by atoms with van der Waals surface area (Å²) in [5.74, 6) is -1.26. The molecule has 1 N–H and O–H groups in total. The number of nitrogens with one attached hydrogen (secondary N) is 1. The SMILES string of the molecule is N#Cc1cc(F)c(NC2CCN(C(=O)C3CCCC3)C2)c(F)c1. The van der Waals surface area contributed by atoms with Gasteiger partial charge in [-0.05, 0) is 31.4 Å². The van der Waals surface area contributed by atoms with E-state index in [2.05, 4.69) is 5.32 Å². The molecule has 1 aromatic carbocycles. The Morgan fingerprint density at radius 2 is 1.87 bits per heavy atom. The zero-order chi connectivity index (χ0) is 16.4. The topological polar surface area (TPSA) is 56.1 Å². The number of nitriles is 1. The van der Waals surface area contributed by atoms with Gasteiger partial charge in [0, 0.05) is 25.0 Å². The number of amides is 1. The van der Waals surface area contributed by atoms with E-state index >= 15 is 0 Å². The van der Waals surface area contributed by atoms with Crippen LogP contribution in [0.3, 0.4) is 0 Å². The Morgan fingerprint density at radius 1 is 1.22 bits per heavy atom. The van der Waals surface area contributed by atoms with Crippen molar-refractivity contribution in [2.75, 3.05) is 18.4 Å². The van der Waals surface area contributed by atoms with Crippen LogP contribution in [0.25, 0.3) is 0 Å². The van der Waals surface area contributed by atoms with Crippen molar-refractivity contribution < 1.29 is 13.6 Å². The quantitative estimate of drug-likeness (QED) is 0.931. The number of hydrogen-bond acceptors (Lipinski definition) is 3. The third-order valence-corrected chi connectivity index (χ3v) is 4.72. The Labute approximate surface area is 134 Å². The lowest BCUT2D eigenvalue weighted by atomic mass is 10.1. The number of halogens is 2. The number of nitrogens with zero attached hydrogens (tertiary/aromatic N) is 2. The molecule has 1 amide bonds. The molecule has 0 aromatic heterocycles. The second kappa shape index (κ2) is 6.53. The molecule has 122 valence electrons. The average molecular weight is 319 g/mol. The maximum Gasteiger partial charge on any atom is 0.225 e. The largest absolute Gasteiger partial charge is 0.376 e. The van der Waals surface area contributed by atoms with Crippen molar-refractivity contribution in [1.29, 1.82) is 5.26 Å². The standard InChI is InChI=1S/C17H19F2N3O/c18-14-7-11(9-20)8-15(19)16(14)21-13-5-6-22(10-13)17(23)12-3-1-2-4-12/h7-8,12-13,21H,1-6,10H2. The smallest absolute Gasteiger partial charge is 0.225 e. The van der Waals surface area contributed by atoms with Crippen LogP contribution in [0.1, 0.15) is 37.7 Å². The van der Waals surface area contributed by atoms with Gasteiger partial charge >= 0.3 is 0 Å². The van der Waals surface area contributed by atoms with Gasteiger partial charge in [-0.2, -0.15) is 5.26 Å². The first-order chi connectivity index (χ1) is 11.1. The Bertz CT molecular complexity index is 627. The highest BCUT2D eigenvalue weighted by Gasteiger charge is 2.32. The highest BCUT2D eigenvalue weighted by molar-refractivity contribution is 5.79. The summed E-state index contributed by atoms with van der Waals surface area (Å²) in [4.78, 5) is 14.2. The predicted octanol–water partition coefficient (Wildman–Crippen LogP) is 3.04. The highest BCUT2D eigenvalue weighted by Crippen LogP contribution is 2.29. The molecule has 0 spiro atoms. The van der Waals surface area contributed by atoms with Gasteiger partial charge in [-0.3, -0.25) is 4.79 Å². The summed E-state index contributed by atoms with van der Waals surface area (Å²) < 4.78 is 27.8. The minimum Gasteiger partial charge on any atom is -0.376 e. The molecule has 2 aliphatic rings. The van der Waals surface area contributed by atoms with E-state index in [9.17, 15) is 13.6 Å². The Hall–Kier alpha value is -2.16. The van der Waals surface area contributed by atoms with Crippen LogP contribution in [0.2, 0.25) is 0 Å². The van der Waals surface area contributed by atoms with Gasteiger partial charge in [0.25, 0.3) is 0 Å². The normalized spacial score (nSPS) is 21.4. The lowest BCUT2D eigenvalue weighted by Gasteiger charge is -2.21. The molecule has 1 saturated carbocycles. The van der Waals surface area contributed by atoms with Crippen molar-refractivity contribution >= 4 is 11.6 Å². The van der Waals surface area contributed by atoms with Crippen LogP contribution >= 0.6 is 0 Å². The van der Waals surface area contributed by atoms with Gasteiger partial charge in [0.05, 0.1) is 11.6 Å². The maximum atomic E-state index is 13.9. The number of rotatable bonds is 3. The zero-order valence-electron chi connectivity index (χ0n) is 12.8. The van der Waals surface area contributed by atoms with E-state index in [1.54, 1.807) is 11.0 Å². The zero-order valence-corrected chi connectivity index (χ0v) is 12.8. The number of carbonyl (C=O) groups excluding carboxylic acids is 1. The van der Waals surface area contributed by atoms with Crippen LogP contribution < -0.4 is 5.32 Å². The van der Waals surface area contributed by atoms with Crippen LogP contribution in [0, 0.1) is 28.9 Å². The van der Waals surface area contributed by atoms with Gasteiger partial charge < -0.3 is 10.2 Å². The van der Waals surface area contributed by atoms with Crippen LogP contribution in [-0.4, -0.2) is 29.9 Å². The Morgan fingerprint density at radius 3 is 2.48 bits per heavy atom. The van der Waals surface area contributed by atoms with Gasteiger partial charge in [0.2, 0.25) is 5.91 Å². The van der Waals surface area contributed by atoms with Crippen LogP contribution in [0.4, 0.5) is 14.5 Å². The second-order valence-electron chi connectivity index (χ2n) is 6.32. The lowest BCUT2D eigenvalue weighted by molar-refractivity contribution is -0.134. The van der Waals surface area contributed by atoms with Gasteiger partial charge in [-0.25, -0.2) is 8.78 Å². The molecule has 3 rings (SSSR count). The Kier molecular flexibility index (Phi) is 4.46. The van der Waals surface area contributed by atoms with E-state index in [1.807, 2.05) is 0 Å². The van der Waals surface area contributed by atoms with Gasteiger partial charge in [0.1, 0.15) is 5.69 Å². The molecule has 1 unspecified atom stereocenters. The van der Waals surface area contributed by atoms with E-state index in [0.29, 0.717) is 19.5 Å². The second-order valence-corrected chi connectivity index (χ2v) is 6.32. The molecule has 23 heavy (non-hydrogen) atoms. The fraction of sp³-hybridized carbons (Fsp3) is 0.529. The molecule has 0 radical (unpaired) electrons. The summed E-state index contributed by atoms with van der Waals surface area (Å²) in [5, 5.41) is 11.6. The van der Waals surface area contributed by atoms with Crippen molar-refractivity contribution in [3.8, 4) is 6.07 Å². The summed E-state index contributed by atoms with van der Waals surface area (Å²) in [7, 11) is 0. The average Bonchev–Trinajstić information content (AvgIpc) is 3.21. The van der Waals surface area contributed by atoms with Crippen LogP contribution in [0.5, 0.6) is 0 Å². The van der Waals surface area contributed by atoms with Crippen molar-refractivity contribution in [3.63, 3.8) is 0 Å². The molecule has 1 aromatic rings. The van der Waals surface area contributed by atoms with Crippen molar-refractivity contribution in [2.24, 2.45) is 5.92 Å². The first kappa shape index (κ1) is 15.7. The van der Waals surface area contributed by atoms with Crippen LogP contribution in [0.15, 0.2) is 12.1 Å². The molecule has 1 heterocycles. The molecule has 1 atom stereocenters. The van der Waals surface area contributed by atoms with Gasteiger partial charge in [-0.15, -0.1) is 0 Å². The summed E-state index contributed by atoms with van der Waals surface area (Å²) in [5.41, 5.74) is -0.265. The van der Waals surface area contributed by atoms with Gasteiger partial charge in [-0.1, -0.05) is 12.8 Å². The summed E-state index contributed by atoms with van der Waals surface area (Å²) in [6, 6.07) is 3.58. The van der Waals surface area contributed by atoms with E-state index in [0.717, 1.165) is 37.8 Å². The first-order valence-corrected chi connectivity index (χ1v) is 8.03. The third kappa shape index (κ3) is 3.29. The monoisotopic (exact) mass is 319 g/mol. The maximum absolute atomic E-state index is 13.9. The molecular weight excluding hydrogens is 300 g/mol. The summed E-state index contributed by atoms with van der Waals surface area (Å²) >= 11 is 0. The molecule has 2 fully saturated rings. The van der Waals surface area contributed by atoms with Crippen molar-refractivity contribution in [2.45, 2.75) is 38.1 Å². The van der Waals surface area contributed by atoms with Gasteiger partial charge in [0.15, 0.2) is 11.6 Å². The fourth-order valence-electron chi connectivity index (χ4n) is 3.49. The van der Waals surface area contributed by atoms with Crippen LogP contribution in [-0.2, 0) is 4.79 Å². The summed E-state index contributed by atoms with van der Waals surface area (Å²) in [6.07, 6.45) is 4.77. The molecule has 4 nitrogen and oxygen atoms in total. The molecule has 1 aliphatic heterocycles. The highest BCUT2D eigenvalue weighted by atomic mass is 19.1. The van der Waals surface area contributed by atoms with Crippen molar-refractivity contribution in [3.05, 3.63) is 29.3 Å². The molecule has 6 heteroatoms. The van der Waals surface area contributed by atoms with E-state index in [1.165, 1.54) is 0 Å². The molecule has 0 bridgehead atoms. The first-order valence-electron chi connectivity index (χ1n) is 8.03. The predicted molar refractivity (Wildman–Crippen MR) is 81.6 cm³/mol. The number of hydrogen-bond donors (Lipinski definition) is 1.